The van der Waals surface area contributed by atoms with E-state index in [2.05, 4.69) is 303 Å². The van der Waals surface area contributed by atoms with Gasteiger partial charge in [0.25, 0.3) is 0 Å². The van der Waals surface area contributed by atoms with Crippen molar-refractivity contribution < 1.29 is 0 Å². The van der Waals surface area contributed by atoms with Gasteiger partial charge in [-0.15, -0.1) is 0 Å². The summed E-state index contributed by atoms with van der Waals surface area (Å²) < 4.78 is 0. The summed E-state index contributed by atoms with van der Waals surface area (Å²) in [5.74, 6) is 0. The van der Waals surface area contributed by atoms with Crippen LogP contribution in [0, 0.1) is 0 Å². The number of hydrogen-bond donors (Lipinski definition) is 0. The number of hydrogen-bond acceptors (Lipinski definition) is 0. The number of benzene rings is 15. The van der Waals surface area contributed by atoms with Crippen molar-refractivity contribution in [2.75, 3.05) is 0 Å². The van der Waals surface area contributed by atoms with Crippen molar-refractivity contribution in [3.8, 4) is 89.0 Å². The standard InChI is InChI=1S/C82H50/c1-5-22-51(23-6-1)55-31-19-33-59(46-55)75-74-50-72-71-48-58(63-37-16-15-35-61(63)53-26-9-3-10-27-53)42-43-66(71)67-40-21-41-69(77(67)72)79(74)76(60-34-20-32-56(47-60)52-24-7-2-8-25-52)82-73-49-57-30-13-14-38-64(57)78-68(44-45-70(80(73)78)81(75)82)65-39-18-17-36-62(65)54-28-11-4-12-29-54/h1-50H. The van der Waals surface area contributed by atoms with Crippen molar-refractivity contribution in [3.63, 3.8) is 0 Å². The first-order valence-corrected chi connectivity index (χ1v) is 28.6. The molecule has 17 rings (SSSR count). The summed E-state index contributed by atoms with van der Waals surface area (Å²) >= 11 is 0. The average molecular weight is 1040 g/mol. The Morgan fingerprint density at radius 2 is 0.598 bits per heavy atom. The molecule has 0 heterocycles. The molecule has 0 aromatic heterocycles. The second-order valence-corrected chi connectivity index (χ2v) is 22.1. The minimum absolute atomic E-state index is 1.19. The van der Waals surface area contributed by atoms with E-state index in [4.69, 9.17) is 0 Å². The minimum Gasteiger partial charge on any atom is -0.0622 e. The van der Waals surface area contributed by atoms with Gasteiger partial charge < -0.3 is 0 Å². The Balaban J connectivity index is 1.08. The predicted octanol–water partition coefficient (Wildman–Crippen LogP) is 23.1. The SMILES string of the molecule is c1ccc(-c2cccc(-c3c4cc5c6cc(-c7ccccc7-c7ccccc7)ccc6c6cccc(c4c(-c4cccc(-c7ccccc7)c4)c4c7cc8ccccc8c8c(-c9ccccc9-c9ccccc9)ccc(c34)c78)c65)c2)cc1. The molecule has 0 aliphatic heterocycles. The maximum Gasteiger partial charge on any atom is -0.000696 e. The highest BCUT2D eigenvalue weighted by Crippen LogP contribution is 2.57. The summed E-state index contributed by atoms with van der Waals surface area (Å²) in [6, 6.07) is 113. The van der Waals surface area contributed by atoms with E-state index >= 15 is 0 Å². The van der Waals surface area contributed by atoms with Gasteiger partial charge in [-0.3, -0.25) is 0 Å². The predicted molar refractivity (Wildman–Crippen MR) is 352 cm³/mol. The van der Waals surface area contributed by atoms with Crippen LogP contribution in [0.5, 0.6) is 0 Å². The quantitative estimate of drug-likeness (QED) is 0.133. The smallest absolute Gasteiger partial charge is 0.000696 e. The third-order valence-corrected chi connectivity index (χ3v) is 17.7. The second-order valence-electron chi connectivity index (χ2n) is 22.1. The molecule has 0 saturated carbocycles. The third-order valence-electron chi connectivity index (χ3n) is 17.7. The largest absolute Gasteiger partial charge is 0.0622 e. The molecule has 0 radical (unpaired) electrons. The lowest BCUT2D eigenvalue weighted by Crippen LogP contribution is -1.92. The highest BCUT2D eigenvalue weighted by Gasteiger charge is 2.29. The molecule has 0 nitrogen and oxygen atoms in total. The lowest BCUT2D eigenvalue weighted by atomic mass is 9.83. The van der Waals surface area contributed by atoms with Gasteiger partial charge in [0.1, 0.15) is 0 Å². The first-order valence-electron chi connectivity index (χ1n) is 28.6. The molecule has 0 spiro atoms. The summed E-state index contributed by atoms with van der Waals surface area (Å²) in [5.41, 5.74) is 19.5. The van der Waals surface area contributed by atoms with Crippen LogP contribution in [0.1, 0.15) is 0 Å². The van der Waals surface area contributed by atoms with Crippen LogP contribution in [0.2, 0.25) is 0 Å². The van der Waals surface area contributed by atoms with E-state index in [1.165, 1.54) is 175 Å². The fourth-order valence-corrected chi connectivity index (χ4v) is 14.2. The fourth-order valence-electron chi connectivity index (χ4n) is 14.2. The molecule has 17 aromatic rings. The molecule has 0 bridgehead atoms. The zero-order valence-electron chi connectivity index (χ0n) is 44.9. The van der Waals surface area contributed by atoms with Gasteiger partial charge in [0.05, 0.1) is 0 Å². The van der Waals surface area contributed by atoms with E-state index in [1.807, 2.05) is 0 Å². The lowest BCUT2D eigenvalue weighted by molar-refractivity contribution is 1.60. The molecule has 0 saturated heterocycles. The van der Waals surface area contributed by atoms with Crippen LogP contribution in [-0.4, -0.2) is 0 Å². The molecule has 0 aliphatic carbocycles. The average Bonchev–Trinajstić information content (AvgIpc) is 2.01. The summed E-state index contributed by atoms with van der Waals surface area (Å²) in [6.45, 7) is 0. The molecule has 0 atom stereocenters. The number of rotatable bonds is 8. The second kappa shape index (κ2) is 18.5. The molecule has 0 N–H and O–H groups in total. The summed E-state index contributed by atoms with van der Waals surface area (Å²) in [5, 5.41) is 20.4. The highest BCUT2D eigenvalue weighted by atomic mass is 14.3. The number of fused-ring (bicyclic) bond motifs is 10. The van der Waals surface area contributed by atoms with Gasteiger partial charge in [-0.2, -0.15) is 0 Å². The minimum atomic E-state index is 1.19. The molecule has 378 valence electrons. The van der Waals surface area contributed by atoms with E-state index in [0.717, 1.165) is 0 Å². The maximum atomic E-state index is 2.59. The summed E-state index contributed by atoms with van der Waals surface area (Å²) in [4.78, 5) is 0. The lowest BCUT2D eigenvalue weighted by Gasteiger charge is -2.20. The van der Waals surface area contributed by atoms with Crippen LogP contribution < -0.4 is 0 Å². The Labute approximate surface area is 475 Å². The molecular formula is C82H50. The van der Waals surface area contributed by atoms with Crippen molar-refractivity contribution in [2.45, 2.75) is 0 Å². The Hall–Kier alpha value is -10.7. The monoisotopic (exact) mass is 1030 g/mol. The van der Waals surface area contributed by atoms with Crippen molar-refractivity contribution in [1.82, 2.24) is 0 Å². The van der Waals surface area contributed by atoms with Gasteiger partial charge in [0.2, 0.25) is 0 Å². The molecular weight excluding hydrogens is 985 g/mol. The molecule has 0 amide bonds. The molecule has 0 unspecified atom stereocenters. The van der Waals surface area contributed by atoms with E-state index in [1.54, 1.807) is 0 Å². The molecule has 0 fully saturated rings. The molecule has 0 aliphatic rings. The zero-order chi connectivity index (χ0) is 53.8. The van der Waals surface area contributed by atoms with Gasteiger partial charge in [-0.1, -0.05) is 273 Å². The Bertz CT molecular complexity index is 5350. The topological polar surface area (TPSA) is 0 Å². The normalized spacial score (nSPS) is 11.9. The molecule has 0 heteroatoms. The highest BCUT2D eigenvalue weighted by molar-refractivity contribution is 6.47. The van der Waals surface area contributed by atoms with Crippen LogP contribution >= 0.6 is 0 Å². The van der Waals surface area contributed by atoms with E-state index in [0.29, 0.717) is 0 Å². The maximum absolute atomic E-state index is 2.59. The van der Waals surface area contributed by atoms with Gasteiger partial charge in [0.15, 0.2) is 0 Å². The van der Waals surface area contributed by atoms with E-state index in [9.17, 15) is 0 Å². The van der Waals surface area contributed by atoms with Crippen LogP contribution in [0.15, 0.2) is 303 Å². The van der Waals surface area contributed by atoms with E-state index < -0.39 is 0 Å². The molecule has 17 aromatic carbocycles. The van der Waals surface area contributed by atoms with Crippen LogP contribution in [0.4, 0.5) is 0 Å². The van der Waals surface area contributed by atoms with Crippen LogP contribution in [-0.2, 0) is 0 Å². The fraction of sp³-hybridized carbons (Fsp3) is 0. The Morgan fingerprint density at radius 3 is 1.26 bits per heavy atom. The van der Waals surface area contributed by atoms with E-state index in [-0.39, 0.29) is 0 Å². The Kier molecular flexibility index (Phi) is 10.4. The van der Waals surface area contributed by atoms with Gasteiger partial charge in [0, 0.05) is 0 Å². The summed E-state index contributed by atoms with van der Waals surface area (Å²) in [6.07, 6.45) is 0. The van der Waals surface area contributed by atoms with Crippen molar-refractivity contribution in [3.05, 3.63) is 303 Å². The third kappa shape index (κ3) is 7.05. The van der Waals surface area contributed by atoms with Crippen LogP contribution in [0.3, 0.4) is 0 Å². The Morgan fingerprint density at radius 1 is 0.134 bits per heavy atom. The van der Waals surface area contributed by atoms with Gasteiger partial charge in [-0.25, -0.2) is 0 Å². The zero-order valence-corrected chi connectivity index (χ0v) is 44.9. The molecule has 82 heavy (non-hydrogen) atoms. The first-order chi connectivity index (χ1) is 40.7. The van der Waals surface area contributed by atoms with Crippen molar-refractivity contribution >= 4 is 86.2 Å². The first kappa shape index (κ1) is 46.3. The van der Waals surface area contributed by atoms with Crippen molar-refractivity contribution in [1.29, 1.82) is 0 Å². The van der Waals surface area contributed by atoms with Gasteiger partial charge in [-0.05, 0) is 206 Å². The summed E-state index contributed by atoms with van der Waals surface area (Å²) in [7, 11) is 0. The van der Waals surface area contributed by atoms with Gasteiger partial charge >= 0.3 is 0 Å². The van der Waals surface area contributed by atoms with Crippen molar-refractivity contribution in [2.24, 2.45) is 0 Å². The van der Waals surface area contributed by atoms with Crippen LogP contribution in [0.25, 0.3) is 175 Å².